The Kier molecular flexibility index (Phi) is 8.31. The van der Waals surface area contributed by atoms with Crippen molar-refractivity contribution < 1.29 is 32.6 Å². The van der Waals surface area contributed by atoms with Crippen LogP contribution in [0.4, 0.5) is 18.4 Å². The number of hydrogen-bond acceptors (Lipinski definition) is 7. The molecule has 2 aromatic carbocycles. The van der Waals surface area contributed by atoms with Gasteiger partial charge in [0.2, 0.25) is 0 Å². The highest BCUT2D eigenvalue weighted by molar-refractivity contribution is 5.92. The monoisotopic (exact) mass is 741 g/mol. The fourth-order valence-electron chi connectivity index (χ4n) is 7.71. The van der Waals surface area contributed by atoms with Crippen molar-refractivity contribution in [1.82, 2.24) is 34.3 Å². The van der Waals surface area contributed by atoms with Crippen LogP contribution in [0.3, 0.4) is 0 Å². The molecular weight excluding hydrogens is 696 g/mol. The summed E-state index contributed by atoms with van der Waals surface area (Å²) in [5.74, 6) is -1.38. The van der Waals surface area contributed by atoms with Crippen molar-refractivity contribution in [2.24, 2.45) is 0 Å². The largest absolute Gasteiger partial charge is 0.470 e. The molecule has 284 valence electrons. The number of nitrogens with zero attached hydrogens (tertiary/aromatic N) is 5. The van der Waals surface area contributed by atoms with E-state index in [1.165, 1.54) is 0 Å². The molecule has 3 atom stereocenters. The first-order valence-electron chi connectivity index (χ1n) is 18.4. The normalized spacial score (nSPS) is 20.9. The molecule has 2 amide bonds. The van der Waals surface area contributed by atoms with E-state index in [0.717, 1.165) is 62.5 Å². The van der Waals surface area contributed by atoms with E-state index in [0.29, 0.717) is 18.0 Å². The Morgan fingerprint density at radius 1 is 0.852 bits per heavy atom. The summed E-state index contributed by atoms with van der Waals surface area (Å²) in [7, 11) is 0. The molecule has 1 unspecified atom stereocenters. The van der Waals surface area contributed by atoms with Crippen LogP contribution in [-0.4, -0.2) is 76.7 Å². The molecule has 8 rings (SSSR count). The van der Waals surface area contributed by atoms with Crippen LogP contribution in [0.1, 0.15) is 97.7 Å². The van der Waals surface area contributed by atoms with Crippen LogP contribution in [0.5, 0.6) is 5.75 Å². The minimum absolute atomic E-state index is 0.175. The van der Waals surface area contributed by atoms with E-state index in [1.54, 1.807) is 31.9 Å². The second-order valence-electron chi connectivity index (χ2n) is 16.5. The first-order chi connectivity index (χ1) is 25.4. The standard InChI is InChI=1S/C40H45F2N7O5/c1-22-49-29-13-11-23(27-19-43-34(45-27)30-9-8-14-47(30)36(50)53-38(2,3)4)15-25(29)16-31(49)26-12-10-24(17-33(26)52-22)28-20-44-35(46-28)32-18-40(41,42)21-48(32)37(51)54-39(5,6)7/h10-13,15-17,19-20,22,30,32H,8-9,14,18,21H2,1-7H3,(H,43,45)(H,44,46)/t22?,30-,32-/m0/s1. The summed E-state index contributed by atoms with van der Waals surface area (Å²) >= 11 is 0. The molecule has 3 aromatic heterocycles. The maximum Gasteiger partial charge on any atom is 0.411 e. The Morgan fingerprint density at radius 2 is 1.46 bits per heavy atom. The van der Waals surface area contributed by atoms with Crippen LogP contribution in [0.15, 0.2) is 54.9 Å². The van der Waals surface area contributed by atoms with Crippen molar-refractivity contribution >= 4 is 23.1 Å². The highest BCUT2D eigenvalue weighted by Crippen LogP contribution is 2.45. The maximum absolute atomic E-state index is 14.6. The molecule has 2 fully saturated rings. The molecule has 2 N–H and O–H groups in total. The third-order valence-corrected chi connectivity index (χ3v) is 9.98. The van der Waals surface area contributed by atoms with Gasteiger partial charge in [0.25, 0.3) is 5.92 Å². The number of carbonyl (C=O) groups excluding carboxylic acids is 2. The maximum atomic E-state index is 14.6. The van der Waals surface area contributed by atoms with Crippen molar-refractivity contribution in [1.29, 1.82) is 0 Å². The fourth-order valence-corrected chi connectivity index (χ4v) is 7.71. The van der Waals surface area contributed by atoms with Crippen LogP contribution < -0.4 is 4.74 Å². The number of benzene rings is 2. The van der Waals surface area contributed by atoms with Crippen molar-refractivity contribution in [3.05, 3.63) is 66.5 Å². The lowest BCUT2D eigenvalue weighted by molar-refractivity contribution is -0.00248. The number of nitrogens with one attached hydrogen (secondary N) is 2. The van der Waals surface area contributed by atoms with Crippen LogP contribution in [0, 0.1) is 0 Å². The van der Waals surface area contributed by atoms with Gasteiger partial charge in [0.1, 0.15) is 28.6 Å². The number of ether oxygens (including phenoxy) is 3. The van der Waals surface area contributed by atoms with Crippen molar-refractivity contribution in [3.8, 4) is 39.5 Å². The molecule has 3 aliphatic heterocycles. The minimum Gasteiger partial charge on any atom is -0.470 e. The number of carbonyl (C=O) groups is 2. The number of imidazole rings is 2. The number of amides is 2. The van der Waals surface area contributed by atoms with Gasteiger partial charge >= 0.3 is 12.2 Å². The number of hydrogen-bond donors (Lipinski definition) is 2. The van der Waals surface area contributed by atoms with E-state index in [1.807, 2.05) is 52.1 Å². The molecule has 0 bridgehead atoms. The number of likely N-dealkylation sites (tertiary alicyclic amines) is 2. The lowest BCUT2D eigenvalue weighted by Crippen LogP contribution is -2.38. The van der Waals surface area contributed by atoms with Gasteiger partial charge < -0.3 is 28.7 Å². The fraction of sp³-hybridized carbons (Fsp3) is 0.450. The zero-order chi connectivity index (χ0) is 38.3. The first kappa shape index (κ1) is 35.6. The molecule has 6 heterocycles. The molecule has 2 saturated heterocycles. The summed E-state index contributed by atoms with van der Waals surface area (Å²) < 4.78 is 48.9. The van der Waals surface area contributed by atoms with Crippen LogP contribution in [-0.2, 0) is 9.47 Å². The van der Waals surface area contributed by atoms with E-state index < -0.39 is 42.2 Å². The lowest BCUT2D eigenvalue weighted by atomic mass is 10.0. The number of fused-ring (bicyclic) bond motifs is 5. The van der Waals surface area contributed by atoms with E-state index in [-0.39, 0.29) is 24.2 Å². The van der Waals surface area contributed by atoms with Crippen LogP contribution in [0.25, 0.3) is 44.7 Å². The zero-order valence-corrected chi connectivity index (χ0v) is 31.5. The molecular formula is C40H45F2N7O5. The lowest BCUT2D eigenvalue weighted by Gasteiger charge is -2.28. The number of rotatable bonds is 4. The van der Waals surface area contributed by atoms with Gasteiger partial charge in [-0.1, -0.05) is 12.1 Å². The zero-order valence-electron chi connectivity index (χ0n) is 31.5. The molecule has 14 heteroatoms. The Hall–Kier alpha value is -5.40. The highest BCUT2D eigenvalue weighted by atomic mass is 19.3. The summed E-state index contributed by atoms with van der Waals surface area (Å²) in [5.41, 5.74) is 4.73. The second-order valence-corrected chi connectivity index (χ2v) is 16.5. The minimum atomic E-state index is -3.06. The summed E-state index contributed by atoms with van der Waals surface area (Å²) in [6, 6.07) is 13.1. The highest BCUT2D eigenvalue weighted by Gasteiger charge is 2.50. The average Bonchev–Trinajstić information content (AvgIpc) is 3.91. The smallest absolute Gasteiger partial charge is 0.411 e. The van der Waals surface area contributed by atoms with Gasteiger partial charge in [-0.15, -0.1) is 0 Å². The Balaban J connectivity index is 1.04. The summed E-state index contributed by atoms with van der Waals surface area (Å²) in [5, 5.41) is 1.03. The van der Waals surface area contributed by atoms with Gasteiger partial charge in [0, 0.05) is 35.0 Å². The molecule has 12 nitrogen and oxygen atoms in total. The molecule has 3 aliphatic rings. The topological polar surface area (TPSA) is 131 Å². The molecule has 0 radical (unpaired) electrons. The number of H-pyrrole nitrogens is 2. The molecule has 54 heavy (non-hydrogen) atoms. The predicted molar refractivity (Wildman–Crippen MR) is 198 cm³/mol. The third kappa shape index (κ3) is 6.66. The number of halogens is 2. The quantitative estimate of drug-likeness (QED) is 0.188. The Labute approximate surface area is 311 Å². The van der Waals surface area contributed by atoms with Crippen molar-refractivity contribution in [2.75, 3.05) is 13.1 Å². The van der Waals surface area contributed by atoms with Crippen molar-refractivity contribution in [3.63, 3.8) is 0 Å². The SMILES string of the molecule is CC1Oc2cc(-c3cnc([C@@H]4CC(F)(F)CN4C(=O)OC(C)(C)C)[nH]3)ccc2-c2cc3cc(-c4cnc([C@@H]5CCCN5C(=O)OC(C)(C)C)[nH]4)ccc3n21. The molecule has 5 aromatic rings. The summed E-state index contributed by atoms with van der Waals surface area (Å²) in [6.45, 7) is 12.6. The first-order valence-corrected chi connectivity index (χ1v) is 18.4. The Bertz CT molecular complexity index is 2260. The van der Waals surface area contributed by atoms with Crippen molar-refractivity contribution in [2.45, 2.75) is 103 Å². The summed E-state index contributed by atoms with van der Waals surface area (Å²) in [6.07, 6.45) is 3.10. The molecule has 0 aliphatic carbocycles. The van der Waals surface area contributed by atoms with Crippen LogP contribution in [0.2, 0.25) is 0 Å². The summed E-state index contributed by atoms with van der Waals surface area (Å²) in [4.78, 5) is 44.4. The van der Waals surface area contributed by atoms with E-state index in [2.05, 4.69) is 48.8 Å². The van der Waals surface area contributed by atoms with Gasteiger partial charge in [0.15, 0.2) is 6.23 Å². The predicted octanol–water partition coefficient (Wildman–Crippen LogP) is 9.39. The van der Waals surface area contributed by atoms with Gasteiger partial charge in [0.05, 0.1) is 53.6 Å². The van der Waals surface area contributed by atoms with Gasteiger partial charge in [-0.25, -0.2) is 28.3 Å². The van der Waals surface area contributed by atoms with E-state index in [9.17, 15) is 18.4 Å². The second kappa shape index (κ2) is 12.6. The third-order valence-electron chi connectivity index (χ3n) is 9.98. The molecule has 0 saturated carbocycles. The van der Waals surface area contributed by atoms with Crippen LogP contribution >= 0.6 is 0 Å². The van der Waals surface area contributed by atoms with Gasteiger partial charge in [-0.2, -0.15) is 0 Å². The Morgan fingerprint density at radius 3 is 2.13 bits per heavy atom. The van der Waals surface area contributed by atoms with Gasteiger partial charge in [-0.05, 0) is 91.6 Å². The number of alkyl halides is 2. The number of aromatic nitrogens is 5. The molecule has 0 spiro atoms. The number of aromatic amines is 2. The average molecular weight is 742 g/mol. The van der Waals surface area contributed by atoms with E-state index in [4.69, 9.17) is 14.2 Å². The van der Waals surface area contributed by atoms with E-state index >= 15 is 0 Å². The van der Waals surface area contributed by atoms with Gasteiger partial charge in [-0.3, -0.25) is 9.80 Å².